The number of piperidine rings is 1. The first kappa shape index (κ1) is 15.0. The number of hydrogen-bond acceptors (Lipinski definition) is 6. The number of benzene rings is 1. The van der Waals surface area contributed by atoms with Crippen LogP contribution in [-0.4, -0.2) is 34.2 Å². The highest BCUT2D eigenvalue weighted by molar-refractivity contribution is 7.22. The van der Waals surface area contributed by atoms with Gasteiger partial charge in [-0.25, -0.2) is 4.98 Å². The van der Waals surface area contributed by atoms with E-state index in [4.69, 9.17) is 0 Å². The quantitative estimate of drug-likeness (QED) is 0.792. The van der Waals surface area contributed by atoms with Gasteiger partial charge >= 0.3 is 0 Å². The van der Waals surface area contributed by atoms with Crippen molar-refractivity contribution >= 4 is 38.4 Å². The molecule has 0 aliphatic carbocycles. The van der Waals surface area contributed by atoms with Gasteiger partial charge in [-0.2, -0.15) is 0 Å². The predicted molar refractivity (Wildman–Crippen MR) is 95.7 cm³/mol. The summed E-state index contributed by atoms with van der Waals surface area (Å²) >= 11 is 1.45. The van der Waals surface area contributed by atoms with Crippen LogP contribution >= 0.6 is 11.3 Å². The van der Waals surface area contributed by atoms with Crippen molar-refractivity contribution in [2.45, 2.75) is 19.3 Å². The molecule has 1 amide bonds. The lowest BCUT2D eigenvalue weighted by atomic mass is 10.1. The molecular formula is C17H17N5OS. The van der Waals surface area contributed by atoms with Crippen LogP contribution in [-0.2, 0) is 0 Å². The lowest BCUT2D eigenvalue weighted by Gasteiger charge is -2.27. The van der Waals surface area contributed by atoms with Crippen molar-refractivity contribution in [1.82, 2.24) is 15.2 Å². The van der Waals surface area contributed by atoms with Gasteiger partial charge < -0.3 is 4.90 Å². The van der Waals surface area contributed by atoms with Gasteiger partial charge in [0, 0.05) is 13.1 Å². The number of anilines is 2. The van der Waals surface area contributed by atoms with Gasteiger partial charge in [-0.3, -0.25) is 10.1 Å². The van der Waals surface area contributed by atoms with Crippen molar-refractivity contribution in [3.8, 4) is 0 Å². The number of rotatable bonds is 3. The molecule has 0 atom stereocenters. The van der Waals surface area contributed by atoms with E-state index in [0.717, 1.165) is 29.1 Å². The Morgan fingerprint density at radius 2 is 1.88 bits per heavy atom. The smallest absolute Gasteiger partial charge is 0.277 e. The molecule has 4 rings (SSSR count). The summed E-state index contributed by atoms with van der Waals surface area (Å²) in [7, 11) is 0. The van der Waals surface area contributed by atoms with Crippen molar-refractivity contribution in [3.63, 3.8) is 0 Å². The first-order chi connectivity index (χ1) is 11.8. The molecule has 1 aliphatic heterocycles. The molecule has 0 spiro atoms. The molecule has 0 unspecified atom stereocenters. The van der Waals surface area contributed by atoms with Crippen molar-refractivity contribution in [2.75, 3.05) is 23.3 Å². The number of para-hydroxylation sites is 1. The number of nitrogens with one attached hydrogen (secondary N) is 1. The average molecular weight is 339 g/mol. The van der Waals surface area contributed by atoms with Crippen LogP contribution in [0.5, 0.6) is 0 Å². The lowest BCUT2D eigenvalue weighted by Crippen LogP contribution is -2.30. The average Bonchev–Trinajstić information content (AvgIpc) is 3.05. The highest BCUT2D eigenvalue weighted by Gasteiger charge is 2.15. The van der Waals surface area contributed by atoms with Crippen LogP contribution in [0.3, 0.4) is 0 Å². The van der Waals surface area contributed by atoms with Gasteiger partial charge in [0.25, 0.3) is 5.91 Å². The normalized spacial score (nSPS) is 14.8. The van der Waals surface area contributed by atoms with E-state index in [1.54, 1.807) is 6.07 Å². The Balaban J connectivity index is 1.47. The molecule has 2 aromatic heterocycles. The van der Waals surface area contributed by atoms with E-state index in [0.29, 0.717) is 10.8 Å². The number of nitrogens with zero attached hydrogens (tertiary/aromatic N) is 4. The van der Waals surface area contributed by atoms with Crippen LogP contribution in [0.1, 0.15) is 29.8 Å². The summed E-state index contributed by atoms with van der Waals surface area (Å²) in [5.74, 6) is 0.554. The topological polar surface area (TPSA) is 71.0 Å². The molecule has 0 saturated carbocycles. The third-order valence-electron chi connectivity index (χ3n) is 4.08. The van der Waals surface area contributed by atoms with E-state index >= 15 is 0 Å². The first-order valence-corrected chi connectivity index (χ1v) is 8.87. The third kappa shape index (κ3) is 3.07. The summed E-state index contributed by atoms with van der Waals surface area (Å²) in [6, 6.07) is 11.4. The van der Waals surface area contributed by atoms with Crippen molar-refractivity contribution in [3.05, 3.63) is 42.1 Å². The lowest BCUT2D eigenvalue weighted by molar-refractivity contribution is 0.102. The Hall–Kier alpha value is -2.54. The molecule has 1 N–H and O–H groups in total. The fourth-order valence-corrected chi connectivity index (χ4v) is 3.69. The molecule has 1 aromatic carbocycles. The number of hydrogen-bond donors (Lipinski definition) is 1. The minimum absolute atomic E-state index is 0.285. The molecule has 24 heavy (non-hydrogen) atoms. The molecule has 6 nitrogen and oxygen atoms in total. The van der Waals surface area contributed by atoms with Gasteiger partial charge in [0.1, 0.15) is 0 Å². The minimum Gasteiger partial charge on any atom is -0.355 e. The maximum absolute atomic E-state index is 12.3. The zero-order chi connectivity index (χ0) is 16.4. The SMILES string of the molecule is O=C(Nc1nc2ccccc2s1)c1ccc(N2CCCCC2)nn1. The molecular weight excluding hydrogens is 322 g/mol. The standard InChI is InChI=1S/C17H17N5OS/c23-16(19-17-18-12-6-2-3-7-14(12)24-17)13-8-9-15(21-20-13)22-10-4-1-5-11-22/h2-3,6-9H,1,4-5,10-11H2,(H,18,19,23). The van der Waals surface area contributed by atoms with Crippen LogP contribution in [0.4, 0.5) is 10.9 Å². The fourth-order valence-electron chi connectivity index (χ4n) is 2.82. The number of aromatic nitrogens is 3. The van der Waals surface area contributed by atoms with E-state index in [2.05, 4.69) is 25.4 Å². The van der Waals surface area contributed by atoms with Crippen molar-refractivity contribution in [1.29, 1.82) is 0 Å². The Labute approximate surface area is 143 Å². The third-order valence-corrected chi connectivity index (χ3v) is 5.03. The summed E-state index contributed by atoms with van der Waals surface area (Å²) in [5.41, 5.74) is 1.18. The second-order valence-corrected chi connectivity index (χ2v) is 6.80. The predicted octanol–water partition coefficient (Wildman–Crippen LogP) is 3.33. The van der Waals surface area contributed by atoms with Gasteiger partial charge in [-0.05, 0) is 43.5 Å². The van der Waals surface area contributed by atoms with Gasteiger partial charge in [-0.1, -0.05) is 23.5 Å². The van der Waals surface area contributed by atoms with E-state index in [1.807, 2.05) is 30.3 Å². The Morgan fingerprint density at radius 1 is 1.04 bits per heavy atom. The van der Waals surface area contributed by atoms with Crippen LogP contribution in [0.2, 0.25) is 0 Å². The van der Waals surface area contributed by atoms with Crippen LogP contribution in [0.25, 0.3) is 10.2 Å². The second-order valence-electron chi connectivity index (χ2n) is 5.77. The number of carbonyl (C=O) groups excluding carboxylic acids is 1. The monoisotopic (exact) mass is 339 g/mol. The number of amides is 1. The zero-order valence-corrected chi connectivity index (χ0v) is 13.9. The number of carbonyl (C=O) groups is 1. The Kier molecular flexibility index (Phi) is 4.08. The first-order valence-electron chi connectivity index (χ1n) is 8.05. The van der Waals surface area contributed by atoms with E-state index in [1.165, 1.54) is 30.6 Å². The van der Waals surface area contributed by atoms with E-state index < -0.39 is 0 Å². The van der Waals surface area contributed by atoms with Crippen LogP contribution in [0.15, 0.2) is 36.4 Å². The molecule has 0 radical (unpaired) electrons. The van der Waals surface area contributed by atoms with Gasteiger partial charge in [-0.15, -0.1) is 10.2 Å². The summed E-state index contributed by atoms with van der Waals surface area (Å²) in [4.78, 5) is 18.9. The second kappa shape index (κ2) is 6.52. The number of fused-ring (bicyclic) bond motifs is 1. The maximum atomic E-state index is 12.3. The Morgan fingerprint density at radius 3 is 2.62 bits per heavy atom. The molecule has 3 heterocycles. The van der Waals surface area contributed by atoms with Gasteiger partial charge in [0.2, 0.25) is 0 Å². The highest BCUT2D eigenvalue weighted by Crippen LogP contribution is 2.25. The molecule has 3 aromatic rings. The zero-order valence-electron chi connectivity index (χ0n) is 13.1. The fraction of sp³-hybridized carbons (Fsp3) is 0.294. The maximum Gasteiger partial charge on any atom is 0.277 e. The molecule has 1 fully saturated rings. The van der Waals surface area contributed by atoms with Crippen LogP contribution in [0, 0.1) is 0 Å². The van der Waals surface area contributed by atoms with Gasteiger partial charge in [0.05, 0.1) is 10.2 Å². The molecule has 122 valence electrons. The van der Waals surface area contributed by atoms with Gasteiger partial charge in [0.15, 0.2) is 16.6 Å². The summed E-state index contributed by atoms with van der Waals surface area (Å²) in [5, 5.41) is 11.7. The highest BCUT2D eigenvalue weighted by atomic mass is 32.1. The molecule has 1 saturated heterocycles. The largest absolute Gasteiger partial charge is 0.355 e. The summed E-state index contributed by atoms with van der Waals surface area (Å²) in [6.07, 6.45) is 3.63. The summed E-state index contributed by atoms with van der Waals surface area (Å²) < 4.78 is 1.04. The van der Waals surface area contributed by atoms with E-state index in [9.17, 15) is 4.79 Å². The minimum atomic E-state index is -0.285. The molecule has 1 aliphatic rings. The Bertz CT molecular complexity index is 822. The summed E-state index contributed by atoms with van der Waals surface area (Å²) in [6.45, 7) is 2.01. The van der Waals surface area contributed by atoms with Crippen molar-refractivity contribution < 1.29 is 4.79 Å². The van der Waals surface area contributed by atoms with Crippen LogP contribution < -0.4 is 10.2 Å². The molecule has 7 heteroatoms. The van der Waals surface area contributed by atoms with E-state index in [-0.39, 0.29) is 5.91 Å². The number of thiazole rings is 1. The molecule has 0 bridgehead atoms. The van der Waals surface area contributed by atoms with Crippen molar-refractivity contribution in [2.24, 2.45) is 0 Å².